The van der Waals surface area contributed by atoms with E-state index in [-0.39, 0.29) is 30.1 Å². The van der Waals surface area contributed by atoms with E-state index in [1.807, 2.05) is 0 Å². The third-order valence-electron chi connectivity index (χ3n) is 4.90. The number of rotatable bonds is 9. The van der Waals surface area contributed by atoms with Gasteiger partial charge in [-0.1, -0.05) is 13.0 Å². The molecule has 1 heterocycles. The topological polar surface area (TPSA) is 120 Å². The number of nitrogens with two attached hydrogens (primary N) is 2. The fraction of sp³-hybridized carbons (Fsp3) is 0.476. The maximum Gasteiger partial charge on any atom is 0.419 e. The van der Waals surface area contributed by atoms with Crippen molar-refractivity contribution in [2.24, 2.45) is 16.5 Å². The van der Waals surface area contributed by atoms with E-state index in [1.54, 1.807) is 6.92 Å². The summed E-state index contributed by atoms with van der Waals surface area (Å²) in [5.41, 5.74) is 9.16. The fourth-order valence-electron chi connectivity index (χ4n) is 3.04. The van der Waals surface area contributed by atoms with Crippen LogP contribution in [-0.2, 0) is 20.4 Å². The second-order valence-electron chi connectivity index (χ2n) is 7.14. The van der Waals surface area contributed by atoms with Crippen molar-refractivity contribution in [1.29, 1.82) is 0 Å². The number of esters is 1. The Kier molecular flexibility index (Phi) is 9.35. The molecule has 4 N–H and O–H groups in total. The minimum Gasteiger partial charge on any atom is -0.454 e. The summed E-state index contributed by atoms with van der Waals surface area (Å²) in [6.07, 6.45) is -4.75. The minimum absolute atomic E-state index is 0.0605. The van der Waals surface area contributed by atoms with Crippen LogP contribution in [0.2, 0.25) is 0 Å². The molecule has 0 radical (unpaired) electrons. The van der Waals surface area contributed by atoms with Crippen LogP contribution in [0, 0.1) is 5.82 Å². The number of ether oxygens (including phenoxy) is 2. The number of ketones is 1. The van der Waals surface area contributed by atoms with E-state index in [4.69, 9.17) is 20.9 Å². The summed E-state index contributed by atoms with van der Waals surface area (Å²) in [7, 11) is 0. The molecular weight excluding hydrogens is 448 g/mol. The highest BCUT2D eigenvalue weighted by Crippen LogP contribution is 2.32. The highest BCUT2D eigenvalue weighted by molar-refractivity contribution is 6.19. The molecule has 0 atom stereocenters. The van der Waals surface area contributed by atoms with Crippen molar-refractivity contribution in [2.75, 3.05) is 46.0 Å². The fourth-order valence-corrected chi connectivity index (χ4v) is 3.04. The van der Waals surface area contributed by atoms with Gasteiger partial charge in [-0.15, -0.1) is 0 Å². The Morgan fingerprint density at radius 3 is 2.48 bits per heavy atom. The molecule has 8 nitrogen and oxygen atoms in total. The van der Waals surface area contributed by atoms with Crippen molar-refractivity contribution in [3.05, 3.63) is 46.4 Å². The SMILES string of the molecule is CCC(N)=C(C(=O)OCC(=O)c1cccc(C(F)(F)F)c1F)C(N)=NCCN1CCOCC1. The second kappa shape index (κ2) is 11.8. The average molecular weight is 474 g/mol. The summed E-state index contributed by atoms with van der Waals surface area (Å²) in [5, 5.41) is 0. The lowest BCUT2D eigenvalue weighted by molar-refractivity contribution is -0.140. The molecule has 0 aromatic heterocycles. The Labute approximate surface area is 188 Å². The number of carbonyl (C=O) groups is 2. The number of benzene rings is 1. The molecule has 0 spiro atoms. The van der Waals surface area contributed by atoms with Gasteiger partial charge in [-0.2, -0.15) is 13.2 Å². The van der Waals surface area contributed by atoms with E-state index in [1.165, 1.54) is 0 Å². The third-order valence-corrected chi connectivity index (χ3v) is 4.90. The van der Waals surface area contributed by atoms with E-state index < -0.39 is 41.5 Å². The number of halogens is 4. The van der Waals surface area contributed by atoms with Gasteiger partial charge in [-0.05, 0) is 18.6 Å². The highest BCUT2D eigenvalue weighted by atomic mass is 19.4. The second-order valence-corrected chi connectivity index (χ2v) is 7.14. The molecule has 0 saturated carbocycles. The molecule has 1 aliphatic rings. The first kappa shape index (κ1) is 26.3. The third kappa shape index (κ3) is 7.26. The van der Waals surface area contributed by atoms with Gasteiger partial charge in [0, 0.05) is 25.3 Å². The van der Waals surface area contributed by atoms with Crippen molar-refractivity contribution in [2.45, 2.75) is 19.5 Å². The number of hydrogen-bond donors (Lipinski definition) is 2. The zero-order chi connectivity index (χ0) is 24.6. The van der Waals surface area contributed by atoms with Gasteiger partial charge >= 0.3 is 12.1 Å². The number of aliphatic imine (C=N–C) groups is 1. The van der Waals surface area contributed by atoms with Crippen LogP contribution in [0.3, 0.4) is 0 Å². The molecule has 0 aliphatic carbocycles. The van der Waals surface area contributed by atoms with E-state index >= 15 is 0 Å². The van der Waals surface area contributed by atoms with Gasteiger partial charge in [0.25, 0.3) is 0 Å². The Morgan fingerprint density at radius 2 is 1.88 bits per heavy atom. The van der Waals surface area contributed by atoms with E-state index in [9.17, 15) is 27.2 Å². The first-order valence-corrected chi connectivity index (χ1v) is 10.2. The lowest BCUT2D eigenvalue weighted by Gasteiger charge is -2.25. The van der Waals surface area contributed by atoms with Gasteiger partial charge < -0.3 is 20.9 Å². The standard InChI is InChI=1S/C21H26F4N4O4/c1-2-15(26)17(19(27)28-6-7-29-8-10-32-11-9-29)20(31)33-12-16(30)13-4-3-5-14(18(13)22)21(23,24)25/h3-5H,2,6-12,26H2,1H3,(H2,27,28). The Balaban J connectivity index is 2.07. The summed E-state index contributed by atoms with van der Waals surface area (Å²) in [6.45, 7) is 4.21. The molecule has 1 aromatic rings. The predicted octanol–water partition coefficient (Wildman–Crippen LogP) is 1.88. The van der Waals surface area contributed by atoms with Crippen LogP contribution in [0.4, 0.5) is 17.6 Å². The van der Waals surface area contributed by atoms with E-state index in [2.05, 4.69) is 9.89 Å². The number of carbonyl (C=O) groups excluding carboxylic acids is 2. The summed E-state index contributed by atoms with van der Waals surface area (Å²) in [5.74, 6) is -4.16. The average Bonchev–Trinajstić information content (AvgIpc) is 2.77. The predicted molar refractivity (Wildman–Crippen MR) is 112 cm³/mol. The molecule has 12 heteroatoms. The number of amidine groups is 1. The number of allylic oxidation sites excluding steroid dienone is 1. The van der Waals surface area contributed by atoms with Crippen LogP contribution in [0.5, 0.6) is 0 Å². The van der Waals surface area contributed by atoms with Crippen molar-refractivity contribution in [3.8, 4) is 0 Å². The lowest BCUT2D eigenvalue weighted by Crippen LogP contribution is -2.38. The van der Waals surface area contributed by atoms with Crippen LogP contribution in [-0.4, -0.2) is 68.5 Å². The molecule has 0 unspecified atom stereocenters. The Hall–Kier alpha value is -2.99. The molecule has 0 amide bonds. The van der Waals surface area contributed by atoms with Crippen molar-refractivity contribution >= 4 is 17.6 Å². The summed E-state index contributed by atoms with van der Waals surface area (Å²) < 4.78 is 62.9. The maximum absolute atomic E-state index is 14.1. The van der Waals surface area contributed by atoms with E-state index in [0.717, 1.165) is 25.2 Å². The zero-order valence-corrected chi connectivity index (χ0v) is 18.1. The molecular formula is C21H26F4N4O4. The molecule has 182 valence electrons. The Bertz CT molecular complexity index is 925. The summed E-state index contributed by atoms with van der Waals surface area (Å²) in [4.78, 5) is 31.0. The molecule has 1 fully saturated rings. The molecule has 1 aromatic carbocycles. The number of alkyl halides is 3. The smallest absolute Gasteiger partial charge is 0.419 e. The van der Waals surface area contributed by atoms with Gasteiger partial charge in [-0.3, -0.25) is 14.7 Å². The molecule has 0 bridgehead atoms. The molecule has 1 saturated heterocycles. The van der Waals surface area contributed by atoms with Gasteiger partial charge in [0.1, 0.15) is 17.2 Å². The Morgan fingerprint density at radius 1 is 1.21 bits per heavy atom. The molecule has 1 aliphatic heterocycles. The largest absolute Gasteiger partial charge is 0.454 e. The number of hydrogen-bond acceptors (Lipinski definition) is 7. The molecule has 2 rings (SSSR count). The van der Waals surface area contributed by atoms with Crippen molar-refractivity contribution < 1.29 is 36.6 Å². The van der Waals surface area contributed by atoms with Crippen LogP contribution in [0.25, 0.3) is 0 Å². The van der Waals surface area contributed by atoms with Crippen LogP contribution >= 0.6 is 0 Å². The first-order valence-electron chi connectivity index (χ1n) is 10.2. The van der Waals surface area contributed by atoms with Gasteiger partial charge in [0.15, 0.2) is 6.61 Å². The number of morpholine rings is 1. The van der Waals surface area contributed by atoms with E-state index in [0.29, 0.717) is 25.8 Å². The number of Topliss-reactive ketones (excluding diaryl/α,β-unsaturated/α-hetero) is 1. The monoisotopic (exact) mass is 474 g/mol. The van der Waals surface area contributed by atoms with Crippen molar-refractivity contribution in [1.82, 2.24) is 4.90 Å². The van der Waals surface area contributed by atoms with Crippen LogP contribution in [0.1, 0.15) is 29.3 Å². The van der Waals surface area contributed by atoms with Crippen molar-refractivity contribution in [3.63, 3.8) is 0 Å². The lowest BCUT2D eigenvalue weighted by atomic mass is 10.1. The number of nitrogens with zero attached hydrogens (tertiary/aromatic N) is 2. The zero-order valence-electron chi connectivity index (χ0n) is 18.1. The summed E-state index contributed by atoms with van der Waals surface area (Å²) in [6, 6.07) is 2.27. The van der Waals surface area contributed by atoms with Gasteiger partial charge in [0.05, 0.1) is 30.9 Å². The van der Waals surface area contributed by atoms with Crippen LogP contribution in [0.15, 0.2) is 34.5 Å². The maximum atomic E-state index is 14.1. The quantitative estimate of drug-likeness (QED) is 0.140. The summed E-state index contributed by atoms with van der Waals surface area (Å²) >= 11 is 0. The molecule has 33 heavy (non-hydrogen) atoms. The first-order chi connectivity index (χ1) is 15.6. The highest BCUT2D eigenvalue weighted by Gasteiger charge is 2.35. The minimum atomic E-state index is -4.98. The van der Waals surface area contributed by atoms with Gasteiger partial charge in [0.2, 0.25) is 5.78 Å². The van der Waals surface area contributed by atoms with Crippen LogP contribution < -0.4 is 11.5 Å². The normalized spacial score (nSPS) is 16.3. The van der Waals surface area contributed by atoms with Gasteiger partial charge in [-0.25, -0.2) is 9.18 Å².